The van der Waals surface area contributed by atoms with Crippen LogP contribution in [0.1, 0.15) is 65.2 Å². The van der Waals surface area contributed by atoms with Gasteiger partial charge in [0.25, 0.3) is 0 Å². The second-order valence-corrected chi connectivity index (χ2v) is 7.16. The van der Waals surface area contributed by atoms with Crippen LogP contribution in [0.5, 0.6) is 0 Å². The smallest absolute Gasteiger partial charge is 0.172 e. The fourth-order valence-corrected chi connectivity index (χ4v) is 2.96. The molecule has 0 saturated carbocycles. The normalized spacial score (nSPS) is 33.9. The first-order chi connectivity index (χ1) is 8.10. The molecular formula is C14H27BrO2. The van der Waals surface area contributed by atoms with Crippen LogP contribution in [0.2, 0.25) is 0 Å². The monoisotopic (exact) mass is 306 g/mol. The van der Waals surface area contributed by atoms with E-state index in [1.807, 2.05) is 0 Å². The Kier molecular flexibility index (Phi) is 7.05. The van der Waals surface area contributed by atoms with Crippen LogP contribution in [0.25, 0.3) is 0 Å². The number of ether oxygens (including phenoxy) is 2. The molecule has 0 aromatic carbocycles. The number of alkyl halides is 1. The summed E-state index contributed by atoms with van der Waals surface area (Å²) in [6, 6.07) is 0. The van der Waals surface area contributed by atoms with E-state index in [9.17, 15) is 0 Å². The summed E-state index contributed by atoms with van der Waals surface area (Å²) >= 11 is 3.70. The summed E-state index contributed by atoms with van der Waals surface area (Å²) in [4.78, 5) is 0. The minimum atomic E-state index is -0.100. The molecule has 0 aliphatic carbocycles. The molecular weight excluding hydrogens is 280 g/mol. The maximum Gasteiger partial charge on any atom is 0.172 e. The third kappa shape index (κ3) is 5.27. The molecule has 1 aliphatic rings. The van der Waals surface area contributed by atoms with Crippen molar-refractivity contribution in [2.75, 3.05) is 7.11 Å². The first-order valence-electron chi connectivity index (χ1n) is 6.97. The van der Waals surface area contributed by atoms with E-state index >= 15 is 0 Å². The van der Waals surface area contributed by atoms with E-state index in [2.05, 4.69) is 29.8 Å². The Morgan fingerprint density at radius 1 is 1.29 bits per heavy atom. The average molecular weight is 307 g/mol. The Hall–Kier alpha value is 0.400. The summed E-state index contributed by atoms with van der Waals surface area (Å²) in [5, 5.41) is 0. The second-order valence-electron chi connectivity index (χ2n) is 5.35. The molecule has 2 nitrogen and oxygen atoms in total. The summed E-state index contributed by atoms with van der Waals surface area (Å²) in [7, 11) is 1.73. The van der Waals surface area contributed by atoms with Crippen LogP contribution in [0.15, 0.2) is 0 Å². The Morgan fingerprint density at radius 3 is 2.65 bits per heavy atom. The first-order valence-corrected chi connectivity index (χ1v) is 7.76. The Labute approximate surface area is 115 Å². The molecule has 0 radical (unpaired) electrons. The standard InChI is InChI=1S/C14H27BrO2/c1-4-5-6-7-8-9-12-10-11-14(2,15)13(16-3)17-12/h12-13H,4-11H2,1-3H3/t12-,13-,14-/m0/s1. The Bertz CT molecular complexity index is 206. The van der Waals surface area contributed by atoms with Crippen LogP contribution < -0.4 is 0 Å². The summed E-state index contributed by atoms with van der Waals surface area (Å²) in [6.07, 6.45) is 10.4. The molecule has 1 saturated heterocycles. The highest BCUT2D eigenvalue weighted by atomic mass is 79.9. The molecule has 0 aromatic heterocycles. The molecule has 1 heterocycles. The fourth-order valence-electron chi connectivity index (χ4n) is 2.43. The van der Waals surface area contributed by atoms with E-state index in [0.717, 1.165) is 12.8 Å². The van der Waals surface area contributed by atoms with Crippen LogP contribution in [0.3, 0.4) is 0 Å². The van der Waals surface area contributed by atoms with Crippen LogP contribution in [0, 0.1) is 0 Å². The zero-order valence-corrected chi connectivity index (χ0v) is 13.1. The maximum absolute atomic E-state index is 5.99. The number of methoxy groups -OCH3 is 1. The number of halogens is 1. The predicted octanol–water partition coefficient (Wildman–Crippen LogP) is 4.65. The van der Waals surface area contributed by atoms with Gasteiger partial charge in [-0.15, -0.1) is 0 Å². The Morgan fingerprint density at radius 2 is 2.00 bits per heavy atom. The lowest BCUT2D eigenvalue weighted by atomic mass is 9.95. The first kappa shape index (κ1) is 15.5. The maximum atomic E-state index is 5.99. The molecule has 0 aromatic rings. The molecule has 102 valence electrons. The molecule has 0 unspecified atom stereocenters. The van der Waals surface area contributed by atoms with Gasteiger partial charge in [-0.25, -0.2) is 0 Å². The van der Waals surface area contributed by atoms with Crippen LogP contribution in [0.4, 0.5) is 0 Å². The number of rotatable bonds is 7. The van der Waals surface area contributed by atoms with Crippen molar-refractivity contribution in [2.45, 2.75) is 81.9 Å². The SMILES string of the molecule is CCCCCCC[C@H]1CC[C@](C)(Br)[C@@H](OC)O1. The molecule has 0 spiro atoms. The third-order valence-corrected chi connectivity index (χ3v) is 4.38. The van der Waals surface area contributed by atoms with Crippen molar-refractivity contribution in [1.82, 2.24) is 0 Å². The van der Waals surface area contributed by atoms with Crippen molar-refractivity contribution < 1.29 is 9.47 Å². The van der Waals surface area contributed by atoms with Gasteiger partial charge in [-0.2, -0.15) is 0 Å². The highest BCUT2D eigenvalue weighted by Crippen LogP contribution is 2.37. The molecule has 1 rings (SSSR count). The van der Waals surface area contributed by atoms with Gasteiger partial charge in [0, 0.05) is 7.11 Å². The summed E-state index contributed by atoms with van der Waals surface area (Å²) in [5.74, 6) is 0. The van der Waals surface area contributed by atoms with Crippen LogP contribution >= 0.6 is 15.9 Å². The van der Waals surface area contributed by atoms with E-state index in [0.29, 0.717) is 6.10 Å². The molecule has 1 aliphatic heterocycles. The molecule has 0 amide bonds. The molecule has 1 fully saturated rings. The van der Waals surface area contributed by atoms with Crippen molar-refractivity contribution in [2.24, 2.45) is 0 Å². The Balaban J connectivity index is 2.19. The molecule has 17 heavy (non-hydrogen) atoms. The van der Waals surface area contributed by atoms with Crippen molar-refractivity contribution in [1.29, 1.82) is 0 Å². The highest BCUT2D eigenvalue weighted by molar-refractivity contribution is 9.10. The van der Waals surface area contributed by atoms with Crippen molar-refractivity contribution >= 4 is 15.9 Å². The van der Waals surface area contributed by atoms with Gasteiger partial charge in [-0.1, -0.05) is 55.0 Å². The lowest BCUT2D eigenvalue weighted by molar-refractivity contribution is -0.194. The van der Waals surface area contributed by atoms with Crippen LogP contribution in [-0.4, -0.2) is 23.8 Å². The fraction of sp³-hybridized carbons (Fsp3) is 1.00. The van der Waals surface area contributed by atoms with E-state index in [1.54, 1.807) is 7.11 Å². The van der Waals surface area contributed by atoms with Crippen molar-refractivity contribution in [3.63, 3.8) is 0 Å². The lowest BCUT2D eigenvalue weighted by Gasteiger charge is -2.39. The quantitative estimate of drug-likeness (QED) is 0.503. The van der Waals surface area contributed by atoms with Crippen LogP contribution in [-0.2, 0) is 9.47 Å². The second kappa shape index (κ2) is 7.75. The molecule has 0 bridgehead atoms. The van der Waals surface area contributed by atoms with Gasteiger partial charge in [0.1, 0.15) is 0 Å². The van der Waals surface area contributed by atoms with Gasteiger partial charge in [0.05, 0.1) is 10.4 Å². The van der Waals surface area contributed by atoms with E-state index in [1.165, 1.54) is 38.5 Å². The number of unbranched alkanes of at least 4 members (excludes halogenated alkanes) is 4. The van der Waals surface area contributed by atoms with E-state index in [-0.39, 0.29) is 10.6 Å². The van der Waals surface area contributed by atoms with Gasteiger partial charge >= 0.3 is 0 Å². The van der Waals surface area contributed by atoms with Gasteiger partial charge in [-0.05, 0) is 26.2 Å². The molecule has 0 N–H and O–H groups in total. The average Bonchev–Trinajstić information content (AvgIpc) is 2.30. The van der Waals surface area contributed by atoms with E-state index < -0.39 is 0 Å². The topological polar surface area (TPSA) is 18.5 Å². The van der Waals surface area contributed by atoms with Gasteiger partial charge in [-0.3, -0.25) is 0 Å². The predicted molar refractivity (Wildman–Crippen MR) is 75.6 cm³/mol. The summed E-state index contributed by atoms with van der Waals surface area (Å²) in [6.45, 7) is 4.41. The van der Waals surface area contributed by atoms with Gasteiger partial charge < -0.3 is 9.47 Å². The minimum Gasteiger partial charge on any atom is -0.354 e. The largest absolute Gasteiger partial charge is 0.354 e. The minimum absolute atomic E-state index is 0.0134. The van der Waals surface area contributed by atoms with Gasteiger partial charge in [0.2, 0.25) is 0 Å². The highest BCUT2D eigenvalue weighted by Gasteiger charge is 2.38. The number of hydrogen-bond donors (Lipinski definition) is 0. The van der Waals surface area contributed by atoms with Crippen molar-refractivity contribution in [3.05, 3.63) is 0 Å². The third-order valence-electron chi connectivity index (χ3n) is 3.61. The van der Waals surface area contributed by atoms with E-state index in [4.69, 9.17) is 9.47 Å². The zero-order chi connectivity index (χ0) is 12.7. The van der Waals surface area contributed by atoms with Gasteiger partial charge in [0.15, 0.2) is 6.29 Å². The zero-order valence-electron chi connectivity index (χ0n) is 11.5. The molecule has 3 atom stereocenters. The number of hydrogen-bond acceptors (Lipinski definition) is 2. The molecule has 3 heteroatoms. The summed E-state index contributed by atoms with van der Waals surface area (Å²) in [5.41, 5.74) is 0. The van der Waals surface area contributed by atoms with Crippen molar-refractivity contribution in [3.8, 4) is 0 Å². The lowest BCUT2D eigenvalue weighted by Crippen LogP contribution is -2.44. The summed E-state index contributed by atoms with van der Waals surface area (Å²) < 4.78 is 11.4.